The highest BCUT2D eigenvalue weighted by Gasteiger charge is 2.13. The second-order valence-electron chi connectivity index (χ2n) is 5.51. The minimum Gasteiger partial charge on any atom is -0.497 e. The number of ether oxygens (including phenoxy) is 2. The predicted octanol–water partition coefficient (Wildman–Crippen LogP) is 2.35. The van der Waals surface area contributed by atoms with Gasteiger partial charge in [0.1, 0.15) is 18.1 Å². The van der Waals surface area contributed by atoms with E-state index in [1.54, 1.807) is 13.3 Å². The molecule has 5 heteroatoms. The molecular formula is C17H21N3O2. The quantitative estimate of drug-likeness (QED) is 0.889. The van der Waals surface area contributed by atoms with Gasteiger partial charge >= 0.3 is 0 Å². The Bertz CT molecular complexity index is 650. The highest BCUT2D eigenvalue weighted by Crippen LogP contribution is 2.30. The molecule has 3 rings (SSSR count). The van der Waals surface area contributed by atoms with Crippen LogP contribution in [0.4, 0.5) is 0 Å². The lowest BCUT2D eigenvalue weighted by atomic mass is 10.1. The van der Waals surface area contributed by atoms with Crippen LogP contribution >= 0.6 is 0 Å². The maximum Gasteiger partial charge on any atom is 0.130 e. The Balaban J connectivity index is 1.57. The normalized spacial score (nSPS) is 14.7. The predicted molar refractivity (Wildman–Crippen MR) is 86.2 cm³/mol. The largest absolute Gasteiger partial charge is 0.497 e. The molecule has 0 unspecified atom stereocenters. The summed E-state index contributed by atoms with van der Waals surface area (Å²) < 4.78 is 13.0. The third-order valence-corrected chi connectivity index (χ3v) is 3.69. The maximum absolute atomic E-state index is 5.81. The van der Waals surface area contributed by atoms with Crippen LogP contribution < -0.4 is 14.8 Å². The van der Waals surface area contributed by atoms with Crippen molar-refractivity contribution in [3.05, 3.63) is 47.8 Å². The van der Waals surface area contributed by atoms with Gasteiger partial charge in [0.25, 0.3) is 0 Å². The number of nitrogens with zero attached hydrogens (tertiary/aromatic N) is 2. The second kappa shape index (κ2) is 6.66. The number of hydrogen-bond acceptors (Lipinski definition) is 4. The number of methoxy groups -OCH3 is 1. The number of nitrogens with one attached hydrogen (secondary N) is 1. The van der Waals surface area contributed by atoms with Crippen molar-refractivity contribution in [2.45, 2.75) is 19.5 Å². The molecule has 1 N–H and O–H groups in total. The Morgan fingerprint density at radius 1 is 1.45 bits per heavy atom. The Morgan fingerprint density at radius 2 is 2.36 bits per heavy atom. The highest BCUT2D eigenvalue weighted by atomic mass is 16.5. The lowest BCUT2D eigenvalue weighted by Crippen LogP contribution is -2.33. The van der Waals surface area contributed by atoms with Crippen LogP contribution in [0.15, 0.2) is 42.2 Å². The van der Waals surface area contributed by atoms with Gasteiger partial charge in [0, 0.05) is 36.6 Å². The van der Waals surface area contributed by atoms with Crippen LogP contribution in [0.3, 0.4) is 0 Å². The fourth-order valence-electron chi connectivity index (χ4n) is 2.48. The molecule has 116 valence electrons. The Hall–Kier alpha value is -2.27. The molecule has 2 aromatic rings. The van der Waals surface area contributed by atoms with Gasteiger partial charge < -0.3 is 14.8 Å². The van der Waals surface area contributed by atoms with Crippen LogP contribution in [0.2, 0.25) is 0 Å². The van der Waals surface area contributed by atoms with Crippen molar-refractivity contribution in [1.82, 2.24) is 15.1 Å². The summed E-state index contributed by atoms with van der Waals surface area (Å²) in [5, 5.41) is 7.73. The molecule has 0 aliphatic carbocycles. The number of hydrogen-bond donors (Lipinski definition) is 1. The Morgan fingerprint density at radius 3 is 3.14 bits per heavy atom. The lowest BCUT2D eigenvalue weighted by molar-refractivity contribution is 0.335. The van der Waals surface area contributed by atoms with Gasteiger partial charge in [-0.15, -0.1) is 0 Å². The van der Waals surface area contributed by atoms with Crippen LogP contribution in [-0.2, 0) is 6.54 Å². The van der Waals surface area contributed by atoms with E-state index in [9.17, 15) is 0 Å². The monoisotopic (exact) mass is 299 g/mol. The number of fused-ring (bicyclic) bond motifs is 1. The third-order valence-electron chi connectivity index (χ3n) is 3.69. The summed E-state index contributed by atoms with van der Waals surface area (Å²) >= 11 is 0. The summed E-state index contributed by atoms with van der Waals surface area (Å²) in [6, 6.07) is 8.19. The molecule has 0 amide bonds. The van der Waals surface area contributed by atoms with E-state index in [-0.39, 0.29) is 0 Å². The highest BCUT2D eigenvalue weighted by molar-refractivity contribution is 5.63. The molecule has 1 aliphatic heterocycles. The summed E-state index contributed by atoms with van der Waals surface area (Å²) in [5.74, 6) is 1.70. The van der Waals surface area contributed by atoms with Crippen molar-refractivity contribution >= 4 is 6.08 Å². The molecule has 0 saturated carbocycles. The van der Waals surface area contributed by atoms with Crippen LogP contribution in [-0.4, -0.2) is 36.1 Å². The van der Waals surface area contributed by atoms with E-state index in [1.165, 1.54) is 5.57 Å². The first-order valence-electron chi connectivity index (χ1n) is 7.45. The van der Waals surface area contributed by atoms with Crippen LogP contribution in [0.5, 0.6) is 11.5 Å². The fourth-order valence-corrected chi connectivity index (χ4v) is 2.48. The van der Waals surface area contributed by atoms with Crippen molar-refractivity contribution in [2.24, 2.45) is 0 Å². The minimum absolute atomic E-state index is 0.345. The summed E-state index contributed by atoms with van der Waals surface area (Å²) in [5.41, 5.74) is 2.34. The van der Waals surface area contributed by atoms with Gasteiger partial charge in [-0.05, 0) is 36.8 Å². The van der Waals surface area contributed by atoms with Crippen molar-refractivity contribution in [1.29, 1.82) is 0 Å². The first-order valence-corrected chi connectivity index (χ1v) is 7.45. The van der Waals surface area contributed by atoms with Crippen molar-refractivity contribution in [2.75, 3.05) is 20.3 Å². The molecule has 0 bridgehead atoms. The standard InChI is InChI=1S/C17H21N3O2/c1-13(11-20-7-3-6-19-20)18-10-14-8-15-4-5-16(21-2)9-17(15)22-12-14/h3-9,13,18H,10-12H2,1-2H3/t13-/m0/s1. The average molecular weight is 299 g/mol. The van der Waals surface area contributed by atoms with Gasteiger partial charge in [0.15, 0.2) is 0 Å². The van der Waals surface area contributed by atoms with Crippen LogP contribution in [0.1, 0.15) is 12.5 Å². The molecule has 0 spiro atoms. The first-order chi connectivity index (χ1) is 10.7. The van der Waals surface area contributed by atoms with Crippen molar-refractivity contribution in [3.8, 4) is 11.5 Å². The maximum atomic E-state index is 5.81. The smallest absolute Gasteiger partial charge is 0.130 e. The summed E-state index contributed by atoms with van der Waals surface area (Å²) in [6.07, 6.45) is 5.96. The van der Waals surface area contributed by atoms with E-state index in [0.29, 0.717) is 12.6 Å². The second-order valence-corrected chi connectivity index (χ2v) is 5.51. The summed E-state index contributed by atoms with van der Waals surface area (Å²) in [7, 11) is 1.66. The van der Waals surface area contributed by atoms with Crippen LogP contribution in [0, 0.1) is 0 Å². The van der Waals surface area contributed by atoms with Gasteiger partial charge in [-0.25, -0.2) is 0 Å². The van der Waals surface area contributed by atoms with Gasteiger partial charge in [0.05, 0.1) is 13.7 Å². The van der Waals surface area contributed by atoms with E-state index >= 15 is 0 Å². The zero-order valence-electron chi connectivity index (χ0n) is 13.0. The molecule has 0 fully saturated rings. The molecule has 1 atom stereocenters. The molecular weight excluding hydrogens is 278 g/mol. The van der Waals surface area contributed by atoms with Gasteiger partial charge in [-0.3, -0.25) is 4.68 Å². The van der Waals surface area contributed by atoms with E-state index < -0.39 is 0 Å². The van der Waals surface area contributed by atoms with Gasteiger partial charge in [0.2, 0.25) is 0 Å². The molecule has 1 aromatic heterocycles. The fraction of sp³-hybridized carbons (Fsp3) is 0.353. The Labute approximate surface area is 130 Å². The molecule has 1 aromatic carbocycles. The number of aromatic nitrogens is 2. The lowest BCUT2D eigenvalue weighted by Gasteiger charge is -2.21. The SMILES string of the molecule is COc1ccc2c(c1)OCC(CN[C@@H](C)Cn1cccn1)=C2. The van der Waals surface area contributed by atoms with E-state index in [4.69, 9.17) is 9.47 Å². The average Bonchev–Trinajstić information content (AvgIpc) is 3.05. The van der Waals surface area contributed by atoms with Crippen molar-refractivity contribution in [3.63, 3.8) is 0 Å². The number of rotatable bonds is 6. The summed E-state index contributed by atoms with van der Waals surface area (Å²) in [4.78, 5) is 0. The third kappa shape index (κ3) is 3.49. The number of benzene rings is 1. The van der Waals surface area contributed by atoms with Crippen LogP contribution in [0.25, 0.3) is 6.08 Å². The first kappa shape index (κ1) is 14.7. The molecule has 5 nitrogen and oxygen atoms in total. The molecule has 1 aliphatic rings. The molecule has 22 heavy (non-hydrogen) atoms. The summed E-state index contributed by atoms with van der Waals surface area (Å²) in [6.45, 7) is 4.44. The van der Waals surface area contributed by atoms with E-state index in [2.05, 4.69) is 23.4 Å². The molecule has 2 heterocycles. The zero-order chi connectivity index (χ0) is 15.4. The molecule has 0 saturated heterocycles. The van der Waals surface area contributed by atoms with Gasteiger partial charge in [-0.1, -0.05) is 0 Å². The Kier molecular flexibility index (Phi) is 4.44. The van der Waals surface area contributed by atoms with Gasteiger partial charge in [-0.2, -0.15) is 5.10 Å². The molecule has 0 radical (unpaired) electrons. The topological polar surface area (TPSA) is 48.3 Å². The van der Waals surface area contributed by atoms with E-state index in [0.717, 1.165) is 30.2 Å². The van der Waals surface area contributed by atoms with E-state index in [1.807, 2.05) is 35.1 Å². The zero-order valence-corrected chi connectivity index (χ0v) is 13.0. The van der Waals surface area contributed by atoms with Crippen molar-refractivity contribution < 1.29 is 9.47 Å². The minimum atomic E-state index is 0.345.